The van der Waals surface area contributed by atoms with Gasteiger partial charge in [0.05, 0.1) is 40.5 Å². The quantitative estimate of drug-likeness (QED) is 0.0609. The molecule has 0 fully saturated rings. The van der Waals surface area contributed by atoms with Gasteiger partial charge in [0.15, 0.2) is 23.0 Å². The summed E-state index contributed by atoms with van der Waals surface area (Å²) in [4.78, 5) is 56.3. The largest absolute Gasteiger partial charge is 0.573 e. The lowest BCUT2D eigenvalue weighted by atomic mass is 10.1. The van der Waals surface area contributed by atoms with Crippen molar-refractivity contribution in [1.29, 1.82) is 0 Å². The van der Waals surface area contributed by atoms with E-state index in [1.165, 1.54) is 0 Å². The number of primary amides is 1. The lowest BCUT2D eigenvalue weighted by Gasteiger charge is -2.17. The zero-order valence-electron chi connectivity index (χ0n) is 42.5. The van der Waals surface area contributed by atoms with Crippen molar-refractivity contribution < 1.29 is 122 Å². The molecule has 0 unspecified atom stereocenters. The molecular formula is C45H29F14N5O11. The number of halogens is 14. The molecule has 0 radical (unpaired) electrons. The second-order valence-corrected chi connectivity index (χ2v) is 13.8. The maximum absolute atomic E-state index is 15.2. The van der Waals surface area contributed by atoms with Crippen LogP contribution in [0.2, 0.25) is 0 Å². The molecule has 16 nitrogen and oxygen atoms in total. The topological polar surface area (TPSA) is 209 Å². The van der Waals surface area contributed by atoms with Crippen molar-refractivity contribution in [3.8, 4) is 46.0 Å². The SMILES string of the molecule is [2H]C([2H])([2H])Oc1c(Oc2ccc(C(F)F)c(F)c2C(=O)Nc2ccnc(C(=O)OC)c2)ccc(OC(F)(F)F)c1F.[2H]C([2H])([2H])Oc1c(Oc2ccc(C(F)F)c(F)c2C(=O)Nc2ccnc(C(N)=O)c2)ccc(OC(F)(F)F)c1F. The van der Waals surface area contributed by atoms with E-state index in [9.17, 15) is 71.9 Å². The second-order valence-electron chi connectivity index (χ2n) is 13.8. The number of nitrogens with zero attached hydrogens (tertiary/aromatic N) is 2. The van der Waals surface area contributed by atoms with Gasteiger partial charge in [0.1, 0.15) is 45.6 Å². The molecule has 398 valence electrons. The van der Waals surface area contributed by atoms with Crippen molar-refractivity contribution >= 4 is 35.1 Å². The van der Waals surface area contributed by atoms with Gasteiger partial charge in [0.2, 0.25) is 23.1 Å². The highest BCUT2D eigenvalue weighted by Crippen LogP contribution is 2.44. The number of nitrogens with one attached hydrogen (secondary N) is 2. The Balaban J connectivity index is 0.000000297. The van der Waals surface area contributed by atoms with Gasteiger partial charge < -0.3 is 49.5 Å². The molecule has 6 aromatic rings. The molecule has 0 aliphatic carbocycles. The molecule has 0 saturated carbocycles. The molecule has 4 N–H and O–H groups in total. The molecule has 2 aromatic heterocycles. The molecule has 4 aromatic carbocycles. The summed E-state index contributed by atoms with van der Waals surface area (Å²) < 4.78 is 263. The third-order valence-corrected chi connectivity index (χ3v) is 9.02. The molecule has 75 heavy (non-hydrogen) atoms. The van der Waals surface area contributed by atoms with E-state index in [1.807, 2.05) is 0 Å². The van der Waals surface area contributed by atoms with Crippen molar-refractivity contribution in [2.24, 2.45) is 5.73 Å². The first-order valence-electron chi connectivity index (χ1n) is 22.5. The van der Waals surface area contributed by atoms with Crippen LogP contribution in [0.1, 0.15) is 73.9 Å². The number of benzene rings is 4. The number of carbonyl (C=O) groups is 4. The summed E-state index contributed by atoms with van der Waals surface area (Å²) in [6, 6.07) is 8.28. The number of alkyl halides is 10. The van der Waals surface area contributed by atoms with Crippen molar-refractivity contribution in [1.82, 2.24) is 9.97 Å². The zero-order valence-corrected chi connectivity index (χ0v) is 36.5. The lowest BCUT2D eigenvalue weighted by molar-refractivity contribution is -0.276. The first-order valence-corrected chi connectivity index (χ1v) is 19.5. The monoisotopic (exact) mass is 1090 g/mol. The molecule has 0 atom stereocenters. The highest BCUT2D eigenvalue weighted by atomic mass is 19.4. The number of esters is 1. The van der Waals surface area contributed by atoms with Gasteiger partial charge in [0, 0.05) is 23.8 Å². The van der Waals surface area contributed by atoms with Gasteiger partial charge in [-0.15, -0.1) is 26.3 Å². The average Bonchev–Trinajstić information content (AvgIpc) is 3.34. The van der Waals surface area contributed by atoms with E-state index in [0.29, 0.717) is 48.5 Å². The van der Waals surface area contributed by atoms with Gasteiger partial charge in [-0.2, -0.15) is 8.78 Å². The molecule has 0 aliphatic rings. The van der Waals surface area contributed by atoms with Crippen LogP contribution in [0.3, 0.4) is 0 Å². The fourth-order valence-corrected chi connectivity index (χ4v) is 5.87. The average molecular weight is 1090 g/mol. The van der Waals surface area contributed by atoms with Crippen molar-refractivity contribution in [2.75, 3.05) is 31.8 Å². The number of anilines is 2. The van der Waals surface area contributed by atoms with Crippen LogP contribution in [-0.4, -0.2) is 67.6 Å². The van der Waals surface area contributed by atoms with Crippen LogP contribution < -0.4 is 44.8 Å². The van der Waals surface area contributed by atoms with E-state index in [1.54, 1.807) is 0 Å². The first-order chi connectivity index (χ1) is 37.5. The molecule has 0 saturated heterocycles. The van der Waals surface area contributed by atoms with Crippen LogP contribution in [0.4, 0.5) is 72.8 Å². The maximum Gasteiger partial charge on any atom is 0.573 e. The summed E-state index contributed by atoms with van der Waals surface area (Å²) in [6.45, 7) is 0. The Morgan fingerprint density at radius 1 is 0.560 bits per heavy atom. The summed E-state index contributed by atoms with van der Waals surface area (Å²) in [5.74, 6) is -22.3. The lowest BCUT2D eigenvalue weighted by Crippen LogP contribution is -2.18. The molecular weight excluding hydrogens is 1050 g/mol. The predicted molar refractivity (Wildman–Crippen MR) is 226 cm³/mol. The smallest absolute Gasteiger partial charge is 0.490 e. The number of ether oxygens (including phenoxy) is 7. The van der Waals surface area contributed by atoms with E-state index in [0.717, 1.165) is 43.8 Å². The minimum absolute atomic E-state index is 0.190. The van der Waals surface area contributed by atoms with Crippen molar-refractivity contribution in [3.63, 3.8) is 0 Å². The molecule has 30 heteroatoms. The third kappa shape index (κ3) is 14.1. The Hall–Kier alpha value is -9.12. The summed E-state index contributed by atoms with van der Waals surface area (Å²) in [5.41, 5.74) is -0.905. The van der Waals surface area contributed by atoms with Crippen LogP contribution in [0, 0.1) is 23.3 Å². The molecule has 0 bridgehead atoms. The van der Waals surface area contributed by atoms with Gasteiger partial charge in [-0.1, -0.05) is 0 Å². The van der Waals surface area contributed by atoms with E-state index >= 15 is 8.78 Å². The van der Waals surface area contributed by atoms with Crippen LogP contribution >= 0.6 is 0 Å². The first kappa shape index (κ1) is 48.2. The van der Waals surface area contributed by atoms with Crippen molar-refractivity contribution in [3.05, 3.63) is 142 Å². The number of methoxy groups -OCH3 is 3. The maximum atomic E-state index is 15.2. The van der Waals surface area contributed by atoms with Gasteiger partial charge in [-0.05, 0) is 72.8 Å². The summed E-state index contributed by atoms with van der Waals surface area (Å²) in [7, 11) is -5.88. The van der Waals surface area contributed by atoms with Gasteiger partial charge >= 0.3 is 18.7 Å². The highest BCUT2D eigenvalue weighted by Gasteiger charge is 2.36. The van der Waals surface area contributed by atoms with Gasteiger partial charge in [-0.25, -0.2) is 36.1 Å². The van der Waals surface area contributed by atoms with E-state index in [4.69, 9.17) is 23.4 Å². The third-order valence-electron chi connectivity index (χ3n) is 9.02. The van der Waals surface area contributed by atoms with E-state index in [-0.39, 0.29) is 22.8 Å². The standard InChI is InChI=1S/C23H15F7N2O6.C22H14F7N3O5/c1-35-19-15(6-5-14(18(19)25)38-23(28,29)30)37-13-4-3-11(20(26)27)17(24)16(13)21(33)32-10-7-8-31-12(9-10)22(34)36-2;1-35-18-14(5-4-13(17(18)24)37-22(27,28)29)36-12-3-2-10(19(25)26)16(23)15(12)21(34)32-9-6-7-31-11(8-9)20(30)33/h3-9,20H,1-2H3,(H,31,32,33);2-8,19H,1H3,(H2,30,33)(H,31,32,34)/i2*1D3. The van der Waals surface area contributed by atoms with Gasteiger partial charge in [0.25, 0.3) is 30.6 Å². The Morgan fingerprint density at radius 2 is 0.933 bits per heavy atom. The second kappa shape index (κ2) is 23.6. The zero-order chi connectivity index (χ0) is 60.7. The number of aromatic nitrogens is 2. The van der Waals surface area contributed by atoms with Crippen LogP contribution in [0.25, 0.3) is 0 Å². The summed E-state index contributed by atoms with van der Waals surface area (Å²) in [5, 5.41) is 4.21. The Bertz CT molecular complexity index is 3360. The van der Waals surface area contributed by atoms with E-state index < -0.39 is 155 Å². The predicted octanol–water partition coefficient (Wildman–Crippen LogP) is 11.4. The number of rotatable bonds is 16. The van der Waals surface area contributed by atoms with E-state index in [2.05, 4.69) is 44.3 Å². The summed E-state index contributed by atoms with van der Waals surface area (Å²) >= 11 is 0. The van der Waals surface area contributed by atoms with Crippen molar-refractivity contribution in [2.45, 2.75) is 25.6 Å². The molecule has 0 spiro atoms. The molecule has 6 rings (SSSR count). The Labute approximate surface area is 418 Å². The number of nitrogens with two attached hydrogens (primary N) is 1. The number of pyridine rings is 2. The number of carbonyl (C=O) groups excluding carboxylic acids is 4. The summed E-state index contributed by atoms with van der Waals surface area (Å²) in [6.07, 6.45) is -15.6. The Kier molecular flexibility index (Phi) is 15.2. The minimum atomic E-state index is -5.40. The number of hydrogen-bond acceptors (Lipinski definition) is 13. The number of amides is 3. The fraction of sp³-hybridized carbons (Fsp3) is 0.156. The van der Waals surface area contributed by atoms with Crippen LogP contribution in [0.15, 0.2) is 85.2 Å². The molecule has 2 heterocycles. The Morgan fingerprint density at radius 3 is 1.29 bits per heavy atom. The highest BCUT2D eigenvalue weighted by molar-refractivity contribution is 6.08. The minimum Gasteiger partial charge on any atom is -0.490 e. The normalized spacial score (nSPS) is 12.8. The molecule has 0 aliphatic heterocycles. The van der Waals surface area contributed by atoms with Gasteiger partial charge in [-0.3, -0.25) is 19.4 Å². The van der Waals surface area contributed by atoms with Crippen LogP contribution in [-0.2, 0) is 4.74 Å². The molecule has 3 amide bonds. The fourth-order valence-electron chi connectivity index (χ4n) is 5.87. The van der Waals surface area contributed by atoms with Crippen LogP contribution in [0.5, 0.6) is 46.0 Å². The number of hydrogen-bond donors (Lipinski definition) is 3.